The molecule has 1 N–H and O–H groups in total. The van der Waals surface area contributed by atoms with E-state index in [0.29, 0.717) is 10.9 Å². The molecule has 0 spiro atoms. The van der Waals surface area contributed by atoms with Crippen LogP contribution in [0.4, 0.5) is 0 Å². The van der Waals surface area contributed by atoms with Crippen LogP contribution in [0, 0.1) is 5.21 Å². The summed E-state index contributed by atoms with van der Waals surface area (Å²) in [6.45, 7) is 1.46. The van der Waals surface area contributed by atoms with Crippen molar-refractivity contribution in [1.82, 2.24) is 5.23 Å². The molecule has 0 bridgehead atoms. The van der Waals surface area contributed by atoms with E-state index < -0.39 is 6.04 Å². The Balaban J connectivity index is 2.18. The number of fused-ring (bicyclic) bond motifs is 1. The number of hydrogen-bond donors (Lipinski definition) is 1. The number of rotatable bonds is 1. The van der Waals surface area contributed by atoms with E-state index in [2.05, 4.69) is 5.16 Å². The van der Waals surface area contributed by atoms with Gasteiger partial charge < -0.3 is 20.0 Å². The van der Waals surface area contributed by atoms with Gasteiger partial charge in [-0.05, 0) is 6.92 Å². The average molecular weight is 173 g/mol. The smallest absolute Gasteiger partial charge is 0.177 e. The lowest BCUT2D eigenvalue weighted by Gasteiger charge is -2.25. The van der Waals surface area contributed by atoms with Crippen LogP contribution in [0.2, 0.25) is 0 Å². The molecule has 0 aromatic carbocycles. The Labute approximate surface area is 68.9 Å². The topological polar surface area (TPSA) is 77.4 Å². The number of aliphatic hydroxyl groups excluding tert-OH is 1. The van der Waals surface area contributed by atoms with Gasteiger partial charge in [-0.2, -0.15) is 0 Å². The van der Waals surface area contributed by atoms with Crippen LogP contribution in [-0.2, 0) is 9.68 Å². The molecule has 1 saturated heterocycles. The number of hydrogen-bond acceptors (Lipinski definition) is 6. The van der Waals surface area contributed by atoms with E-state index in [-0.39, 0.29) is 18.8 Å². The first-order chi connectivity index (χ1) is 5.74. The monoisotopic (exact) mass is 173 g/mol. The van der Waals surface area contributed by atoms with Crippen molar-refractivity contribution in [3.63, 3.8) is 0 Å². The van der Waals surface area contributed by atoms with Gasteiger partial charge in [0.25, 0.3) is 0 Å². The van der Waals surface area contributed by atoms with Crippen LogP contribution in [0.3, 0.4) is 0 Å². The molecule has 2 aliphatic heterocycles. The second kappa shape index (κ2) is 2.67. The third-order valence-electron chi connectivity index (χ3n) is 2.07. The fourth-order valence-corrected chi connectivity index (χ4v) is 1.43. The molecule has 0 aliphatic carbocycles. The summed E-state index contributed by atoms with van der Waals surface area (Å²) in [7, 11) is 0. The van der Waals surface area contributed by atoms with E-state index in [0.717, 1.165) is 0 Å². The lowest BCUT2D eigenvalue weighted by Crippen LogP contribution is -2.37. The summed E-state index contributed by atoms with van der Waals surface area (Å²) >= 11 is 0. The minimum Gasteiger partial charge on any atom is -0.761 e. The van der Waals surface area contributed by atoms with Gasteiger partial charge >= 0.3 is 0 Å². The molecule has 1 fully saturated rings. The number of aliphatic hydroxyl groups is 1. The minimum absolute atomic E-state index is 0.268. The summed E-state index contributed by atoms with van der Waals surface area (Å²) in [6.07, 6.45) is -0.676. The van der Waals surface area contributed by atoms with Crippen molar-refractivity contribution in [2.75, 3.05) is 6.61 Å². The SMILES string of the molecule is C[C@H]1ON([O-])[C@@H]2C(CO)=NO[C@@H]21. The summed E-state index contributed by atoms with van der Waals surface area (Å²) in [5, 5.41) is 23.9. The maximum atomic E-state index is 11.1. The predicted octanol–water partition coefficient (Wildman–Crippen LogP) is -0.764. The summed E-state index contributed by atoms with van der Waals surface area (Å²) in [4.78, 5) is 9.75. The highest BCUT2D eigenvalue weighted by Gasteiger charge is 2.45. The Morgan fingerprint density at radius 1 is 1.75 bits per heavy atom. The van der Waals surface area contributed by atoms with E-state index in [1.807, 2.05) is 0 Å². The number of hydroxylamine groups is 2. The third-order valence-corrected chi connectivity index (χ3v) is 2.07. The highest BCUT2D eigenvalue weighted by Crippen LogP contribution is 2.28. The molecule has 2 heterocycles. The summed E-state index contributed by atoms with van der Waals surface area (Å²) in [5.41, 5.74) is 0.333. The van der Waals surface area contributed by atoms with Crippen LogP contribution >= 0.6 is 0 Å². The van der Waals surface area contributed by atoms with Crippen LogP contribution < -0.4 is 0 Å². The fraction of sp³-hybridized carbons (Fsp3) is 0.833. The van der Waals surface area contributed by atoms with Crippen LogP contribution in [0.15, 0.2) is 5.16 Å². The van der Waals surface area contributed by atoms with Crippen molar-refractivity contribution in [2.24, 2.45) is 5.16 Å². The number of oxime groups is 1. The van der Waals surface area contributed by atoms with Crippen molar-refractivity contribution >= 4 is 5.71 Å². The molecule has 6 nitrogen and oxygen atoms in total. The van der Waals surface area contributed by atoms with E-state index in [9.17, 15) is 5.21 Å². The van der Waals surface area contributed by atoms with Crippen molar-refractivity contribution in [1.29, 1.82) is 0 Å². The Kier molecular flexibility index (Phi) is 1.76. The molecule has 0 radical (unpaired) electrons. The highest BCUT2D eigenvalue weighted by atomic mass is 16.9. The molecular formula is C6H9N2O4-. The molecule has 0 saturated carbocycles. The lowest BCUT2D eigenvalue weighted by molar-refractivity contribution is -0.118. The van der Waals surface area contributed by atoms with E-state index >= 15 is 0 Å². The Bertz CT molecular complexity index is 220. The summed E-state index contributed by atoms with van der Waals surface area (Å²) in [6, 6.07) is -0.565. The van der Waals surface area contributed by atoms with Gasteiger partial charge in [-0.3, -0.25) is 0 Å². The van der Waals surface area contributed by atoms with Crippen molar-refractivity contribution in [2.45, 2.75) is 25.2 Å². The molecule has 0 unspecified atom stereocenters. The van der Waals surface area contributed by atoms with Gasteiger partial charge in [0.1, 0.15) is 17.9 Å². The molecule has 2 rings (SSSR count). The van der Waals surface area contributed by atoms with Crippen LogP contribution in [-0.4, -0.2) is 40.9 Å². The lowest BCUT2D eigenvalue weighted by atomic mass is 10.1. The van der Waals surface area contributed by atoms with Gasteiger partial charge in [0, 0.05) is 0 Å². The van der Waals surface area contributed by atoms with E-state index in [1.54, 1.807) is 6.92 Å². The Morgan fingerprint density at radius 2 is 2.50 bits per heavy atom. The zero-order valence-electron chi connectivity index (χ0n) is 6.51. The quantitative estimate of drug-likeness (QED) is 0.563. The van der Waals surface area contributed by atoms with Crippen LogP contribution in [0.25, 0.3) is 0 Å². The molecule has 0 aromatic rings. The van der Waals surface area contributed by atoms with Crippen molar-refractivity contribution in [3.05, 3.63) is 5.21 Å². The Hall–Kier alpha value is -0.690. The normalized spacial score (nSPS) is 40.9. The standard InChI is InChI=1S/C6H9N2O4/c1-3-6-5(8(10)12-3)4(2-9)7-11-6/h3,5-6,9H,2H2,1H3/q-1/t3-,5-,6-/m1/s1. The third kappa shape index (κ3) is 0.929. The zero-order chi connectivity index (χ0) is 8.72. The molecule has 68 valence electrons. The molecule has 6 heteroatoms. The van der Waals surface area contributed by atoms with Gasteiger partial charge in [0.05, 0.1) is 6.61 Å². The minimum atomic E-state index is -0.565. The maximum Gasteiger partial charge on any atom is 0.177 e. The fourth-order valence-electron chi connectivity index (χ4n) is 1.43. The van der Waals surface area contributed by atoms with Crippen LogP contribution in [0.1, 0.15) is 6.92 Å². The van der Waals surface area contributed by atoms with Crippen molar-refractivity contribution in [3.8, 4) is 0 Å². The van der Waals surface area contributed by atoms with Gasteiger partial charge in [-0.1, -0.05) is 5.16 Å². The molecule has 0 aromatic heterocycles. The predicted molar refractivity (Wildman–Crippen MR) is 38.9 cm³/mol. The first-order valence-corrected chi connectivity index (χ1v) is 3.70. The molecule has 0 amide bonds. The average Bonchev–Trinajstić information content (AvgIpc) is 2.55. The van der Waals surface area contributed by atoms with Crippen LogP contribution in [0.5, 0.6) is 0 Å². The molecule has 3 atom stereocenters. The van der Waals surface area contributed by atoms with E-state index in [1.165, 1.54) is 0 Å². The van der Waals surface area contributed by atoms with Gasteiger partial charge in [-0.25, -0.2) is 5.23 Å². The second-order valence-corrected chi connectivity index (χ2v) is 2.85. The summed E-state index contributed by atoms with van der Waals surface area (Å²) in [5.74, 6) is 0. The first-order valence-electron chi connectivity index (χ1n) is 3.70. The number of nitrogens with zero attached hydrogens (tertiary/aromatic N) is 2. The van der Waals surface area contributed by atoms with Gasteiger partial charge in [0.2, 0.25) is 0 Å². The molecule has 2 aliphatic rings. The van der Waals surface area contributed by atoms with E-state index in [4.69, 9.17) is 14.8 Å². The van der Waals surface area contributed by atoms with Crippen molar-refractivity contribution < 1.29 is 14.8 Å². The van der Waals surface area contributed by atoms with Gasteiger partial charge in [-0.15, -0.1) is 0 Å². The highest BCUT2D eigenvalue weighted by molar-refractivity contribution is 5.92. The molecular weight excluding hydrogens is 164 g/mol. The largest absolute Gasteiger partial charge is 0.761 e. The second-order valence-electron chi connectivity index (χ2n) is 2.85. The first kappa shape index (κ1) is 7.93. The molecule has 12 heavy (non-hydrogen) atoms. The maximum absolute atomic E-state index is 11.1. The van der Waals surface area contributed by atoms with Gasteiger partial charge in [0.15, 0.2) is 6.10 Å². The zero-order valence-corrected chi connectivity index (χ0v) is 6.51. The summed E-state index contributed by atoms with van der Waals surface area (Å²) < 4.78 is 0. The Morgan fingerprint density at radius 3 is 3.17 bits per heavy atom.